The molecule has 2 heterocycles. The van der Waals surface area contributed by atoms with E-state index in [0.29, 0.717) is 12.4 Å². The Bertz CT molecular complexity index is 788. The highest BCUT2D eigenvalue weighted by Crippen LogP contribution is 2.13. The molecule has 0 aliphatic carbocycles. The van der Waals surface area contributed by atoms with E-state index in [4.69, 9.17) is 4.74 Å². The number of esters is 1. The summed E-state index contributed by atoms with van der Waals surface area (Å²) < 4.78 is 8.40. The average molecular weight is 345 g/mol. The molecule has 0 bridgehead atoms. The molecule has 2 aromatic rings. The summed E-state index contributed by atoms with van der Waals surface area (Å²) in [6.45, 7) is 6.15. The van der Waals surface area contributed by atoms with Gasteiger partial charge in [0.25, 0.3) is 5.91 Å². The van der Waals surface area contributed by atoms with Gasteiger partial charge < -0.3 is 10.1 Å². The summed E-state index contributed by atoms with van der Waals surface area (Å²) >= 11 is 0. The molecule has 8 heteroatoms. The van der Waals surface area contributed by atoms with Crippen molar-refractivity contribution in [1.82, 2.24) is 19.6 Å². The molecule has 8 nitrogen and oxygen atoms in total. The molecule has 0 aliphatic rings. The van der Waals surface area contributed by atoms with Crippen LogP contribution in [0, 0.1) is 13.8 Å². The van der Waals surface area contributed by atoms with Crippen molar-refractivity contribution in [3.63, 3.8) is 0 Å². The normalized spacial score (nSPS) is 11.0. The van der Waals surface area contributed by atoms with Crippen LogP contribution in [0.1, 0.15) is 30.3 Å². The van der Waals surface area contributed by atoms with Gasteiger partial charge in [0.2, 0.25) is 0 Å². The maximum atomic E-state index is 11.9. The highest BCUT2D eigenvalue weighted by atomic mass is 16.5. The predicted octanol–water partition coefficient (Wildman–Crippen LogP) is 1.84. The van der Waals surface area contributed by atoms with Crippen LogP contribution in [0.4, 0.5) is 5.82 Å². The Hall–Kier alpha value is -2.90. The third kappa shape index (κ3) is 4.79. The van der Waals surface area contributed by atoms with E-state index in [2.05, 4.69) is 15.5 Å². The van der Waals surface area contributed by atoms with Crippen molar-refractivity contribution in [2.75, 3.05) is 11.9 Å². The number of anilines is 1. The second kappa shape index (κ2) is 8.27. The van der Waals surface area contributed by atoms with Gasteiger partial charge in [0.1, 0.15) is 5.82 Å². The van der Waals surface area contributed by atoms with Gasteiger partial charge in [0.05, 0.1) is 11.9 Å². The van der Waals surface area contributed by atoms with Crippen LogP contribution >= 0.6 is 0 Å². The topological polar surface area (TPSA) is 91.0 Å². The Labute approximate surface area is 146 Å². The molecule has 25 heavy (non-hydrogen) atoms. The minimum atomic E-state index is -0.583. The second-order valence-corrected chi connectivity index (χ2v) is 5.64. The Morgan fingerprint density at radius 1 is 1.36 bits per heavy atom. The largest absolute Gasteiger partial charge is 0.452 e. The van der Waals surface area contributed by atoms with Crippen molar-refractivity contribution in [3.05, 3.63) is 35.3 Å². The molecule has 0 radical (unpaired) electrons. The number of aromatic nitrogens is 4. The first-order valence-electron chi connectivity index (χ1n) is 8.09. The molecule has 0 aromatic carbocycles. The number of hydrogen-bond acceptors (Lipinski definition) is 5. The van der Waals surface area contributed by atoms with E-state index in [-0.39, 0.29) is 6.61 Å². The van der Waals surface area contributed by atoms with Gasteiger partial charge in [-0.2, -0.15) is 10.2 Å². The minimum absolute atomic E-state index is 0.356. The predicted molar refractivity (Wildman–Crippen MR) is 93.8 cm³/mol. The zero-order valence-corrected chi connectivity index (χ0v) is 14.9. The first-order valence-corrected chi connectivity index (χ1v) is 8.09. The van der Waals surface area contributed by atoms with E-state index in [1.165, 1.54) is 6.08 Å². The lowest BCUT2D eigenvalue weighted by molar-refractivity contribution is -0.142. The highest BCUT2D eigenvalue weighted by molar-refractivity contribution is 5.94. The molecule has 0 aliphatic heterocycles. The molecular weight excluding hydrogens is 322 g/mol. The zero-order chi connectivity index (χ0) is 18.4. The van der Waals surface area contributed by atoms with E-state index in [1.54, 1.807) is 27.7 Å². The quantitative estimate of drug-likeness (QED) is 0.611. The number of hydrogen-bond donors (Lipinski definition) is 1. The summed E-state index contributed by atoms with van der Waals surface area (Å²) in [5.41, 5.74) is 2.64. The molecule has 134 valence electrons. The van der Waals surface area contributed by atoms with Crippen LogP contribution in [0.25, 0.3) is 6.08 Å². The van der Waals surface area contributed by atoms with Crippen molar-refractivity contribution >= 4 is 23.8 Å². The third-order valence-electron chi connectivity index (χ3n) is 3.72. The van der Waals surface area contributed by atoms with Gasteiger partial charge in [-0.1, -0.05) is 6.92 Å². The smallest absolute Gasteiger partial charge is 0.331 e. The molecule has 2 aromatic heterocycles. The Morgan fingerprint density at radius 2 is 2.12 bits per heavy atom. The van der Waals surface area contributed by atoms with E-state index in [1.807, 2.05) is 27.8 Å². The molecule has 0 spiro atoms. The molecule has 0 saturated carbocycles. The number of carbonyl (C=O) groups excluding carboxylic acids is 2. The monoisotopic (exact) mass is 345 g/mol. The Kier molecular flexibility index (Phi) is 6.10. The molecule has 0 fully saturated rings. The molecule has 1 N–H and O–H groups in total. The summed E-state index contributed by atoms with van der Waals surface area (Å²) in [7, 11) is 1.84. The third-order valence-corrected chi connectivity index (χ3v) is 3.72. The SMILES string of the molecule is CCCn1nccc1NC(=O)COC(=O)C=Cc1c(C)nn(C)c1C. The van der Waals surface area contributed by atoms with Crippen LogP contribution in [0.5, 0.6) is 0 Å². The number of nitrogens with one attached hydrogen (secondary N) is 1. The number of carbonyl (C=O) groups is 2. The summed E-state index contributed by atoms with van der Waals surface area (Å²) in [6.07, 6.45) is 5.45. The van der Waals surface area contributed by atoms with Gasteiger partial charge in [-0.25, -0.2) is 9.48 Å². The van der Waals surface area contributed by atoms with Gasteiger partial charge in [-0.3, -0.25) is 9.48 Å². The standard InChI is InChI=1S/C17H23N5O3/c1-5-10-22-15(8-9-18-22)19-16(23)11-25-17(24)7-6-14-12(2)20-21(4)13(14)3/h6-9H,5,10-11H2,1-4H3,(H,19,23). The van der Waals surface area contributed by atoms with E-state index in [0.717, 1.165) is 23.4 Å². The van der Waals surface area contributed by atoms with Gasteiger partial charge in [0, 0.05) is 37.0 Å². The van der Waals surface area contributed by atoms with Crippen molar-refractivity contribution < 1.29 is 14.3 Å². The van der Waals surface area contributed by atoms with Gasteiger partial charge >= 0.3 is 5.97 Å². The lowest BCUT2D eigenvalue weighted by atomic mass is 10.2. The Morgan fingerprint density at radius 3 is 2.76 bits per heavy atom. The molecular formula is C17H23N5O3. The van der Waals surface area contributed by atoms with E-state index in [9.17, 15) is 9.59 Å². The summed E-state index contributed by atoms with van der Waals surface area (Å²) in [5.74, 6) is -0.409. The van der Waals surface area contributed by atoms with E-state index < -0.39 is 11.9 Å². The van der Waals surface area contributed by atoms with E-state index >= 15 is 0 Å². The second-order valence-electron chi connectivity index (χ2n) is 5.64. The molecule has 0 atom stereocenters. The number of aryl methyl sites for hydroxylation is 3. The summed E-state index contributed by atoms with van der Waals surface area (Å²) in [6, 6.07) is 1.70. The minimum Gasteiger partial charge on any atom is -0.452 e. The molecule has 0 unspecified atom stereocenters. The fourth-order valence-corrected chi connectivity index (χ4v) is 2.38. The van der Waals surface area contributed by atoms with Crippen molar-refractivity contribution in [1.29, 1.82) is 0 Å². The van der Waals surface area contributed by atoms with Crippen molar-refractivity contribution in [2.24, 2.45) is 7.05 Å². The maximum absolute atomic E-state index is 11.9. The van der Waals surface area contributed by atoms with Crippen LogP contribution in [0.2, 0.25) is 0 Å². The molecule has 2 rings (SSSR count). The summed E-state index contributed by atoms with van der Waals surface area (Å²) in [4.78, 5) is 23.7. The van der Waals surface area contributed by atoms with Crippen molar-refractivity contribution in [2.45, 2.75) is 33.7 Å². The van der Waals surface area contributed by atoms with Gasteiger partial charge in [-0.05, 0) is 26.3 Å². The lowest BCUT2D eigenvalue weighted by Gasteiger charge is -2.07. The van der Waals surface area contributed by atoms with Crippen LogP contribution in [-0.2, 0) is 27.9 Å². The number of nitrogens with zero attached hydrogens (tertiary/aromatic N) is 4. The van der Waals surface area contributed by atoms with Crippen molar-refractivity contribution in [3.8, 4) is 0 Å². The van der Waals surface area contributed by atoms with Crippen LogP contribution in [-0.4, -0.2) is 38.0 Å². The fraction of sp³-hybridized carbons (Fsp3) is 0.412. The lowest BCUT2D eigenvalue weighted by Crippen LogP contribution is -2.22. The van der Waals surface area contributed by atoms with Crippen LogP contribution < -0.4 is 5.32 Å². The Balaban J connectivity index is 1.86. The summed E-state index contributed by atoms with van der Waals surface area (Å²) in [5, 5.41) is 11.1. The first-order chi connectivity index (χ1) is 11.9. The molecule has 0 saturated heterocycles. The van der Waals surface area contributed by atoms with Gasteiger partial charge in [0.15, 0.2) is 6.61 Å². The zero-order valence-electron chi connectivity index (χ0n) is 14.9. The number of ether oxygens (including phenoxy) is 1. The van der Waals surface area contributed by atoms with Crippen LogP contribution in [0.15, 0.2) is 18.3 Å². The number of amides is 1. The highest BCUT2D eigenvalue weighted by Gasteiger charge is 2.10. The molecule has 1 amide bonds. The van der Waals surface area contributed by atoms with Crippen LogP contribution in [0.3, 0.4) is 0 Å². The maximum Gasteiger partial charge on any atom is 0.331 e. The number of rotatable bonds is 7. The first kappa shape index (κ1) is 18.4. The van der Waals surface area contributed by atoms with Gasteiger partial charge in [-0.15, -0.1) is 0 Å². The fourth-order valence-electron chi connectivity index (χ4n) is 2.38. The average Bonchev–Trinajstić information content (AvgIpc) is 3.09.